The second kappa shape index (κ2) is 10.6. The molecule has 7 heteroatoms. The van der Waals surface area contributed by atoms with Crippen LogP contribution >= 0.6 is 0 Å². The zero-order valence-electron chi connectivity index (χ0n) is 16.5. The molecule has 28 heavy (non-hydrogen) atoms. The molecule has 0 amide bonds. The molecule has 0 aliphatic carbocycles. The van der Waals surface area contributed by atoms with Gasteiger partial charge in [0.25, 0.3) is 0 Å². The number of carbonyl (C=O) groups excluding carboxylic acids is 2. The van der Waals surface area contributed by atoms with Gasteiger partial charge in [0.05, 0.1) is 25.3 Å². The van der Waals surface area contributed by atoms with E-state index in [4.69, 9.17) is 15.2 Å². The molecule has 0 saturated heterocycles. The van der Waals surface area contributed by atoms with E-state index in [1.54, 1.807) is 30.3 Å². The zero-order chi connectivity index (χ0) is 20.5. The second-order valence-corrected chi connectivity index (χ2v) is 6.36. The number of fused-ring (bicyclic) bond motifs is 1. The number of esters is 1. The topological polar surface area (TPSA) is 110 Å². The van der Waals surface area contributed by atoms with E-state index in [1.807, 2.05) is 10.6 Å². The van der Waals surface area contributed by atoms with E-state index in [0.29, 0.717) is 37.4 Å². The number of hydrogen-bond acceptors (Lipinski definition) is 6. The Hall–Kier alpha value is -2.64. The molecule has 0 bridgehead atoms. The molecule has 3 rings (SSSR count). The van der Waals surface area contributed by atoms with Crippen LogP contribution in [0.15, 0.2) is 36.4 Å². The maximum Gasteiger partial charge on any atom is 0.314 e. The Bertz CT molecular complexity index is 783. The lowest BCUT2D eigenvalue weighted by Gasteiger charge is -2.08. The Morgan fingerprint density at radius 3 is 2.46 bits per heavy atom. The number of carbonyl (C=O) groups is 2. The predicted molar refractivity (Wildman–Crippen MR) is 108 cm³/mol. The fourth-order valence-electron chi connectivity index (χ4n) is 3.31. The summed E-state index contributed by atoms with van der Waals surface area (Å²) in [6.45, 7) is 1.92. The SMILES string of the molecule is CN.COC(=O)C1CCn2c(C(=O)c3ccc(OCCCCN)cc3)ccc21. The molecule has 1 aliphatic heterocycles. The Kier molecular flexibility index (Phi) is 8.22. The van der Waals surface area contributed by atoms with E-state index < -0.39 is 0 Å². The van der Waals surface area contributed by atoms with E-state index in [1.165, 1.54) is 14.2 Å². The second-order valence-electron chi connectivity index (χ2n) is 6.36. The smallest absolute Gasteiger partial charge is 0.314 e. The molecule has 1 atom stereocenters. The minimum atomic E-state index is -0.286. The van der Waals surface area contributed by atoms with Crippen LogP contribution in [0.5, 0.6) is 5.75 Å². The minimum absolute atomic E-state index is 0.0588. The average molecular weight is 387 g/mol. The highest BCUT2D eigenvalue weighted by Gasteiger charge is 2.32. The summed E-state index contributed by atoms with van der Waals surface area (Å²) in [5.41, 5.74) is 12.0. The van der Waals surface area contributed by atoms with Crippen LogP contribution in [0.1, 0.15) is 46.9 Å². The van der Waals surface area contributed by atoms with Crippen LogP contribution in [0, 0.1) is 0 Å². The maximum absolute atomic E-state index is 12.8. The van der Waals surface area contributed by atoms with Gasteiger partial charge in [-0.3, -0.25) is 9.59 Å². The van der Waals surface area contributed by atoms with Gasteiger partial charge >= 0.3 is 5.97 Å². The molecule has 0 fully saturated rings. The zero-order valence-corrected chi connectivity index (χ0v) is 16.5. The maximum atomic E-state index is 12.8. The fourth-order valence-corrected chi connectivity index (χ4v) is 3.31. The summed E-state index contributed by atoms with van der Waals surface area (Å²) < 4.78 is 12.4. The molecule has 1 aromatic carbocycles. The lowest BCUT2D eigenvalue weighted by molar-refractivity contribution is -0.142. The van der Waals surface area contributed by atoms with Crippen molar-refractivity contribution in [2.45, 2.75) is 31.7 Å². The van der Waals surface area contributed by atoms with E-state index in [-0.39, 0.29) is 17.7 Å². The van der Waals surface area contributed by atoms with Crippen molar-refractivity contribution >= 4 is 11.8 Å². The third kappa shape index (κ3) is 4.79. The predicted octanol–water partition coefficient (Wildman–Crippen LogP) is 2.07. The lowest BCUT2D eigenvalue weighted by atomic mass is 10.1. The van der Waals surface area contributed by atoms with Crippen molar-refractivity contribution < 1.29 is 19.1 Å². The molecule has 0 radical (unpaired) electrons. The molecular weight excluding hydrogens is 358 g/mol. The van der Waals surface area contributed by atoms with Crippen molar-refractivity contribution in [1.82, 2.24) is 4.57 Å². The van der Waals surface area contributed by atoms with E-state index in [2.05, 4.69) is 5.73 Å². The van der Waals surface area contributed by atoms with Crippen molar-refractivity contribution in [3.05, 3.63) is 53.3 Å². The summed E-state index contributed by atoms with van der Waals surface area (Å²) in [4.78, 5) is 24.7. The molecule has 152 valence electrons. The number of rotatable bonds is 8. The summed E-state index contributed by atoms with van der Waals surface area (Å²) in [6, 6.07) is 10.8. The first-order valence-electron chi connectivity index (χ1n) is 9.48. The highest BCUT2D eigenvalue weighted by atomic mass is 16.5. The Labute approximate surface area is 165 Å². The number of hydrogen-bond donors (Lipinski definition) is 2. The highest BCUT2D eigenvalue weighted by Crippen LogP contribution is 2.32. The van der Waals surface area contributed by atoms with Gasteiger partial charge in [0, 0.05) is 17.8 Å². The number of methoxy groups -OCH3 is 1. The summed E-state index contributed by atoms with van der Waals surface area (Å²) in [7, 11) is 2.89. The number of aromatic nitrogens is 1. The van der Waals surface area contributed by atoms with Crippen molar-refractivity contribution in [2.75, 3.05) is 27.3 Å². The van der Waals surface area contributed by atoms with Gasteiger partial charge in [-0.15, -0.1) is 0 Å². The van der Waals surface area contributed by atoms with Gasteiger partial charge in [-0.2, -0.15) is 0 Å². The first kappa shape index (κ1) is 21.7. The normalized spacial score (nSPS) is 14.6. The number of nitrogens with two attached hydrogens (primary N) is 2. The molecule has 0 spiro atoms. The van der Waals surface area contributed by atoms with Crippen LogP contribution in [0.2, 0.25) is 0 Å². The van der Waals surface area contributed by atoms with E-state index in [0.717, 1.165) is 24.3 Å². The summed E-state index contributed by atoms with van der Waals surface area (Å²) in [5.74, 6) is 0.143. The van der Waals surface area contributed by atoms with Crippen molar-refractivity contribution in [2.24, 2.45) is 11.5 Å². The quantitative estimate of drug-likeness (QED) is 0.408. The molecule has 2 heterocycles. The molecule has 0 saturated carbocycles. The van der Waals surface area contributed by atoms with Crippen LogP contribution in [-0.2, 0) is 16.1 Å². The van der Waals surface area contributed by atoms with Gasteiger partial charge in [-0.25, -0.2) is 0 Å². The van der Waals surface area contributed by atoms with Crippen molar-refractivity contribution in [3.8, 4) is 5.75 Å². The first-order chi connectivity index (χ1) is 13.7. The minimum Gasteiger partial charge on any atom is -0.494 e. The third-order valence-corrected chi connectivity index (χ3v) is 4.71. The monoisotopic (exact) mass is 387 g/mol. The van der Waals surface area contributed by atoms with Gasteiger partial charge in [-0.1, -0.05) is 0 Å². The van der Waals surface area contributed by atoms with Crippen LogP contribution in [0.4, 0.5) is 0 Å². The Balaban J connectivity index is 0.00000136. The summed E-state index contributed by atoms with van der Waals surface area (Å²) >= 11 is 0. The number of benzene rings is 1. The first-order valence-corrected chi connectivity index (χ1v) is 9.48. The number of ether oxygens (including phenoxy) is 2. The molecular formula is C21H29N3O4. The lowest BCUT2D eigenvalue weighted by Crippen LogP contribution is -2.11. The van der Waals surface area contributed by atoms with Crippen molar-refractivity contribution in [3.63, 3.8) is 0 Å². The van der Waals surface area contributed by atoms with E-state index in [9.17, 15) is 9.59 Å². The third-order valence-electron chi connectivity index (χ3n) is 4.71. The largest absolute Gasteiger partial charge is 0.494 e. The average Bonchev–Trinajstić information content (AvgIpc) is 3.34. The van der Waals surface area contributed by atoms with Gasteiger partial charge < -0.3 is 25.5 Å². The number of nitrogens with zero attached hydrogens (tertiary/aromatic N) is 1. The van der Waals surface area contributed by atoms with Crippen LogP contribution in [-0.4, -0.2) is 43.6 Å². The van der Waals surface area contributed by atoms with Crippen LogP contribution in [0.25, 0.3) is 0 Å². The summed E-state index contributed by atoms with van der Waals surface area (Å²) in [6.07, 6.45) is 2.51. The fraction of sp³-hybridized carbons (Fsp3) is 0.429. The number of unbranched alkanes of at least 4 members (excludes halogenated alkanes) is 1. The summed E-state index contributed by atoms with van der Waals surface area (Å²) in [5, 5.41) is 0. The molecule has 4 N–H and O–H groups in total. The molecule has 1 unspecified atom stereocenters. The number of ketones is 1. The standard InChI is InChI=1S/C20H24N2O4.CH5N/c1-25-20(24)16-10-12-22-17(16)8-9-18(22)19(23)14-4-6-15(7-5-14)26-13-3-2-11-21;1-2/h4-9,16H,2-3,10-13,21H2,1H3;2H2,1H3. The molecule has 1 aromatic heterocycles. The van der Waals surface area contributed by atoms with Gasteiger partial charge in [-0.05, 0) is 69.3 Å². The van der Waals surface area contributed by atoms with Gasteiger partial charge in [0.2, 0.25) is 5.78 Å². The Morgan fingerprint density at radius 1 is 1.11 bits per heavy atom. The van der Waals surface area contributed by atoms with Crippen LogP contribution in [0.3, 0.4) is 0 Å². The highest BCUT2D eigenvalue weighted by molar-refractivity contribution is 6.08. The molecule has 1 aliphatic rings. The van der Waals surface area contributed by atoms with Gasteiger partial charge in [0.15, 0.2) is 0 Å². The molecule has 2 aromatic rings. The molecule has 7 nitrogen and oxygen atoms in total. The Morgan fingerprint density at radius 2 is 1.82 bits per heavy atom. The van der Waals surface area contributed by atoms with Gasteiger partial charge in [0.1, 0.15) is 5.75 Å². The van der Waals surface area contributed by atoms with E-state index >= 15 is 0 Å². The van der Waals surface area contributed by atoms with Crippen LogP contribution < -0.4 is 16.2 Å². The van der Waals surface area contributed by atoms with Crippen molar-refractivity contribution in [1.29, 1.82) is 0 Å².